The van der Waals surface area contributed by atoms with Crippen LogP contribution in [0.4, 0.5) is 0 Å². The maximum atomic E-state index is 12.7. The Morgan fingerprint density at radius 2 is 2.10 bits per heavy atom. The number of hydrogen-bond acceptors (Lipinski definition) is 5. The first kappa shape index (κ1) is 14.5. The number of aromatic nitrogens is 3. The summed E-state index contributed by atoms with van der Waals surface area (Å²) in [7, 11) is -2.16. The highest BCUT2D eigenvalue weighted by Gasteiger charge is 2.33. The van der Waals surface area contributed by atoms with Crippen LogP contribution in [0.5, 0.6) is 5.75 Å². The summed E-state index contributed by atoms with van der Waals surface area (Å²) in [5.41, 5.74) is 1.87. The number of phenolic OH excluding ortho intramolecular Hbond substituents is 1. The van der Waals surface area contributed by atoms with Crippen LogP contribution in [0.2, 0.25) is 0 Å². The molecule has 0 radical (unpaired) electrons. The molecular weight excluding hydrogens is 360 g/mol. The van der Waals surface area contributed by atoms with Crippen LogP contribution in [0.25, 0.3) is 0 Å². The van der Waals surface area contributed by atoms with E-state index >= 15 is 0 Å². The van der Waals surface area contributed by atoms with E-state index in [1.54, 1.807) is 12.1 Å². The Morgan fingerprint density at radius 3 is 2.76 bits per heavy atom. The van der Waals surface area contributed by atoms with Crippen molar-refractivity contribution in [3.8, 4) is 5.75 Å². The van der Waals surface area contributed by atoms with Crippen LogP contribution in [0.1, 0.15) is 11.1 Å². The lowest BCUT2D eigenvalue weighted by Crippen LogP contribution is -2.37. The molecule has 0 fully saturated rings. The van der Waals surface area contributed by atoms with Gasteiger partial charge in [-0.3, -0.25) is 0 Å². The number of hydrogen-bond donors (Lipinski definition) is 1. The molecule has 21 heavy (non-hydrogen) atoms. The van der Waals surface area contributed by atoms with Gasteiger partial charge in [0.1, 0.15) is 5.75 Å². The van der Waals surface area contributed by atoms with Crippen LogP contribution < -0.4 is 0 Å². The smallest absolute Gasteiger partial charge is 0.263 e. The molecule has 7 nitrogen and oxygen atoms in total. The van der Waals surface area contributed by atoms with Crippen molar-refractivity contribution >= 4 is 26.0 Å². The third kappa shape index (κ3) is 2.45. The van der Waals surface area contributed by atoms with Gasteiger partial charge in [-0.1, -0.05) is 11.3 Å². The molecule has 2 heterocycles. The third-order valence-electron chi connectivity index (χ3n) is 3.49. The Bertz CT molecular complexity index is 783. The van der Waals surface area contributed by atoms with Crippen molar-refractivity contribution in [1.82, 2.24) is 19.3 Å². The molecular formula is C12H13BrN4O3S. The monoisotopic (exact) mass is 372 g/mol. The topological polar surface area (TPSA) is 88.3 Å². The summed E-state index contributed by atoms with van der Waals surface area (Å²) in [4.78, 5) is 0. The molecule has 0 amide bonds. The number of halogens is 1. The van der Waals surface area contributed by atoms with Gasteiger partial charge in [0.15, 0.2) is 4.60 Å². The average Bonchev–Trinajstić information content (AvgIpc) is 2.77. The van der Waals surface area contributed by atoms with Gasteiger partial charge in [0.2, 0.25) is 5.03 Å². The van der Waals surface area contributed by atoms with Crippen LogP contribution in [0.3, 0.4) is 0 Å². The molecule has 2 aromatic rings. The van der Waals surface area contributed by atoms with Gasteiger partial charge in [-0.2, -0.15) is 4.31 Å². The molecule has 1 N–H and O–H groups in total. The van der Waals surface area contributed by atoms with Crippen LogP contribution in [0, 0.1) is 0 Å². The fourth-order valence-corrected chi connectivity index (χ4v) is 4.89. The summed E-state index contributed by atoms with van der Waals surface area (Å²) in [6, 6.07) is 5.05. The number of benzene rings is 1. The predicted octanol–water partition coefficient (Wildman–Crippen LogP) is 1.03. The molecule has 0 saturated carbocycles. The largest absolute Gasteiger partial charge is 0.508 e. The highest BCUT2D eigenvalue weighted by Crippen LogP contribution is 2.29. The average molecular weight is 373 g/mol. The van der Waals surface area contributed by atoms with Crippen LogP contribution >= 0.6 is 15.9 Å². The van der Waals surface area contributed by atoms with Crippen molar-refractivity contribution in [2.24, 2.45) is 7.05 Å². The molecule has 9 heteroatoms. The number of phenols is 1. The lowest BCUT2D eigenvalue weighted by atomic mass is 10.0. The zero-order chi connectivity index (χ0) is 15.2. The third-order valence-corrected chi connectivity index (χ3v) is 6.22. The van der Waals surface area contributed by atoms with E-state index in [1.807, 2.05) is 6.07 Å². The fourth-order valence-electron chi connectivity index (χ4n) is 2.44. The van der Waals surface area contributed by atoms with Crippen molar-refractivity contribution in [3.63, 3.8) is 0 Å². The molecule has 0 spiro atoms. The van der Waals surface area contributed by atoms with Gasteiger partial charge < -0.3 is 5.11 Å². The lowest BCUT2D eigenvalue weighted by Gasteiger charge is -2.27. The first-order valence-electron chi connectivity index (χ1n) is 6.25. The first-order chi connectivity index (χ1) is 9.89. The minimum atomic E-state index is -3.69. The first-order valence-corrected chi connectivity index (χ1v) is 8.49. The summed E-state index contributed by atoms with van der Waals surface area (Å²) in [6.45, 7) is 0.613. The number of aryl methyl sites for hydroxylation is 1. The van der Waals surface area contributed by atoms with E-state index in [2.05, 4.69) is 26.2 Å². The summed E-state index contributed by atoms with van der Waals surface area (Å²) in [6.07, 6.45) is 0.609. The molecule has 0 saturated heterocycles. The quantitative estimate of drug-likeness (QED) is 0.850. The molecule has 1 aliphatic rings. The Labute approximate surface area is 130 Å². The van der Waals surface area contributed by atoms with Gasteiger partial charge in [-0.25, -0.2) is 13.1 Å². The van der Waals surface area contributed by atoms with E-state index in [0.29, 0.717) is 13.0 Å². The van der Waals surface area contributed by atoms with Crippen molar-refractivity contribution in [3.05, 3.63) is 33.9 Å². The number of nitrogens with zero attached hydrogens (tertiary/aromatic N) is 4. The molecule has 1 aliphatic heterocycles. The Kier molecular flexibility index (Phi) is 3.50. The minimum absolute atomic E-state index is 0.0334. The number of aromatic hydroxyl groups is 1. The van der Waals surface area contributed by atoms with Gasteiger partial charge in [0.25, 0.3) is 10.0 Å². The zero-order valence-corrected chi connectivity index (χ0v) is 13.6. The molecule has 0 aliphatic carbocycles. The lowest BCUT2D eigenvalue weighted by molar-refractivity contribution is 0.384. The van der Waals surface area contributed by atoms with Gasteiger partial charge in [-0.05, 0) is 45.6 Å². The Balaban J connectivity index is 1.99. The van der Waals surface area contributed by atoms with Crippen LogP contribution in [-0.4, -0.2) is 39.4 Å². The van der Waals surface area contributed by atoms with Crippen LogP contribution in [0.15, 0.2) is 27.8 Å². The zero-order valence-electron chi connectivity index (χ0n) is 11.2. The second kappa shape index (κ2) is 5.08. The van der Waals surface area contributed by atoms with E-state index in [9.17, 15) is 13.5 Å². The number of fused-ring (bicyclic) bond motifs is 1. The van der Waals surface area contributed by atoms with Crippen molar-refractivity contribution in [2.75, 3.05) is 6.54 Å². The van der Waals surface area contributed by atoms with Crippen molar-refractivity contribution in [1.29, 1.82) is 0 Å². The van der Waals surface area contributed by atoms with Gasteiger partial charge in [-0.15, -0.1) is 5.10 Å². The van der Waals surface area contributed by atoms with Gasteiger partial charge in [0, 0.05) is 20.1 Å². The molecule has 0 bridgehead atoms. The Hall–Kier alpha value is -1.45. The molecule has 3 rings (SSSR count). The van der Waals surface area contributed by atoms with Crippen LogP contribution in [-0.2, 0) is 30.0 Å². The normalized spacial score (nSPS) is 15.9. The highest BCUT2D eigenvalue weighted by molar-refractivity contribution is 9.10. The summed E-state index contributed by atoms with van der Waals surface area (Å²) < 4.78 is 28.2. The van der Waals surface area contributed by atoms with Crippen molar-refractivity contribution in [2.45, 2.75) is 18.0 Å². The highest BCUT2D eigenvalue weighted by atomic mass is 79.9. The maximum absolute atomic E-state index is 12.7. The maximum Gasteiger partial charge on any atom is 0.263 e. The second-order valence-electron chi connectivity index (χ2n) is 4.85. The van der Waals surface area contributed by atoms with Gasteiger partial charge >= 0.3 is 0 Å². The second-order valence-corrected chi connectivity index (χ2v) is 7.45. The van der Waals surface area contributed by atoms with E-state index in [0.717, 1.165) is 11.1 Å². The number of sulfonamides is 1. The molecule has 112 valence electrons. The predicted molar refractivity (Wildman–Crippen MR) is 78.1 cm³/mol. The molecule has 1 aromatic carbocycles. The molecule has 1 aromatic heterocycles. The Morgan fingerprint density at radius 1 is 1.33 bits per heavy atom. The SMILES string of the molecule is Cn1nnc(Br)c1S(=O)(=O)N1CCc2ccc(O)cc2C1. The number of rotatable bonds is 2. The van der Waals surface area contributed by atoms with E-state index in [4.69, 9.17) is 0 Å². The standard InChI is InChI=1S/C12H13BrN4O3S/c1-16-12(11(13)14-15-16)21(19,20)17-5-4-8-2-3-10(18)6-9(8)7-17/h2-3,6,18H,4-5,7H2,1H3. The summed E-state index contributed by atoms with van der Waals surface area (Å²) in [5, 5.41) is 17.0. The summed E-state index contributed by atoms with van der Waals surface area (Å²) in [5.74, 6) is 0.136. The fraction of sp³-hybridized carbons (Fsp3) is 0.333. The van der Waals surface area contributed by atoms with E-state index in [1.165, 1.54) is 16.0 Å². The molecule has 0 unspecified atom stereocenters. The van der Waals surface area contributed by atoms with Crippen molar-refractivity contribution < 1.29 is 13.5 Å². The van der Waals surface area contributed by atoms with E-state index in [-0.39, 0.29) is 21.9 Å². The van der Waals surface area contributed by atoms with E-state index < -0.39 is 10.0 Å². The van der Waals surface area contributed by atoms with Gasteiger partial charge in [0.05, 0.1) is 0 Å². The minimum Gasteiger partial charge on any atom is -0.508 e. The summed E-state index contributed by atoms with van der Waals surface area (Å²) >= 11 is 3.12. The molecule has 0 atom stereocenters.